The van der Waals surface area contributed by atoms with Crippen molar-refractivity contribution < 1.29 is 19.8 Å². The molecule has 0 bridgehead atoms. The first-order valence-corrected chi connectivity index (χ1v) is 9.63. The molecule has 0 aromatic heterocycles. The van der Waals surface area contributed by atoms with Gasteiger partial charge in [-0.15, -0.1) is 0 Å². The highest BCUT2D eigenvalue weighted by Gasteiger charge is 2.05. The summed E-state index contributed by atoms with van der Waals surface area (Å²) in [4.78, 5) is 23.6. The van der Waals surface area contributed by atoms with Gasteiger partial charge in [0, 0.05) is 25.9 Å². The summed E-state index contributed by atoms with van der Waals surface area (Å²) in [5, 5.41) is 24.4. The van der Waals surface area contributed by atoms with Gasteiger partial charge >= 0.3 is 0 Å². The number of nitrogens with one attached hydrogen (secondary N) is 2. The molecule has 0 aliphatic rings. The molecule has 2 aromatic carbocycles. The molecule has 0 fully saturated rings. The molecule has 6 nitrogen and oxygen atoms in total. The normalized spacial score (nSPS) is 10.4. The topological polar surface area (TPSA) is 98.7 Å². The number of amides is 2. The molecule has 6 heteroatoms. The maximum atomic E-state index is 11.8. The number of phenols is 2. The molecule has 0 unspecified atom stereocenters. The van der Waals surface area contributed by atoms with Crippen molar-refractivity contribution in [2.75, 3.05) is 13.1 Å². The summed E-state index contributed by atoms with van der Waals surface area (Å²) >= 11 is 0. The summed E-state index contributed by atoms with van der Waals surface area (Å²) in [6.07, 6.45) is 3.54. The third-order valence-electron chi connectivity index (χ3n) is 4.41. The van der Waals surface area contributed by atoms with Crippen LogP contribution in [0.2, 0.25) is 0 Å². The molecule has 0 aliphatic heterocycles. The molecule has 0 spiro atoms. The Bertz CT molecular complexity index is 762. The van der Waals surface area contributed by atoms with Crippen LogP contribution < -0.4 is 10.6 Å². The average molecular weight is 384 g/mol. The van der Waals surface area contributed by atoms with E-state index in [-0.39, 0.29) is 23.3 Å². The standard InChI is InChI=1S/C22H28N2O4/c25-19-11-10-18(16-20(19)26)13-15-24-22(28)9-5-4-8-21(27)23-14-12-17-6-2-1-3-7-17/h1-3,6-7,10-11,16,25-26H,4-5,8-9,12-15H2,(H,23,27)(H,24,28). The predicted octanol–water partition coefficient (Wildman–Crippen LogP) is 2.68. The van der Waals surface area contributed by atoms with Gasteiger partial charge in [0.25, 0.3) is 0 Å². The van der Waals surface area contributed by atoms with Gasteiger partial charge < -0.3 is 20.8 Å². The Morgan fingerprint density at radius 2 is 1.29 bits per heavy atom. The van der Waals surface area contributed by atoms with E-state index in [9.17, 15) is 19.8 Å². The summed E-state index contributed by atoms with van der Waals surface area (Å²) in [7, 11) is 0. The molecule has 0 saturated carbocycles. The van der Waals surface area contributed by atoms with Crippen molar-refractivity contribution in [2.24, 2.45) is 0 Å². The fourth-order valence-electron chi connectivity index (χ4n) is 2.81. The number of aromatic hydroxyl groups is 2. The number of hydrogen-bond acceptors (Lipinski definition) is 4. The van der Waals surface area contributed by atoms with Crippen molar-refractivity contribution in [3.8, 4) is 11.5 Å². The van der Waals surface area contributed by atoms with Gasteiger partial charge in [-0.3, -0.25) is 9.59 Å². The molecule has 0 heterocycles. The molecule has 0 aliphatic carbocycles. The Morgan fingerprint density at radius 1 is 0.714 bits per heavy atom. The van der Waals surface area contributed by atoms with E-state index in [2.05, 4.69) is 10.6 Å². The number of benzene rings is 2. The lowest BCUT2D eigenvalue weighted by atomic mass is 10.1. The number of carbonyl (C=O) groups is 2. The third kappa shape index (κ3) is 8.12. The quantitative estimate of drug-likeness (QED) is 0.354. The van der Waals surface area contributed by atoms with Crippen LogP contribution in [0.1, 0.15) is 36.8 Å². The predicted molar refractivity (Wildman–Crippen MR) is 108 cm³/mol. The molecule has 0 atom stereocenters. The van der Waals surface area contributed by atoms with Crippen LogP contribution in [0.15, 0.2) is 48.5 Å². The molecule has 0 radical (unpaired) electrons. The van der Waals surface area contributed by atoms with Crippen LogP contribution in [0, 0.1) is 0 Å². The Kier molecular flexibility index (Phi) is 8.85. The van der Waals surface area contributed by atoms with Crippen LogP contribution in [0.3, 0.4) is 0 Å². The molecule has 28 heavy (non-hydrogen) atoms. The van der Waals surface area contributed by atoms with Gasteiger partial charge in [0.2, 0.25) is 11.8 Å². The zero-order valence-electron chi connectivity index (χ0n) is 16.0. The summed E-state index contributed by atoms with van der Waals surface area (Å²) in [6.45, 7) is 1.08. The Morgan fingerprint density at radius 3 is 1.86 bits per heavy atom. The second kappa shape index (κ2) is 11.6. The van der Waals surface area contributed by atoms with Crippen LogP contribution in [-0.4, -0.2) is 35.1 Å². The molecular weight excluding hydrogens is 356 g/mol. The van der Waals surface area contributed by atoms with E-state index in [1.54, 1.807) is 6.07 Å². The minimum Gasteiger partial charge on any atom is -0.504 e. The molecule has 150 valence electrons. The van der Waals surface area contributed by atoms with Gasteiger partial charge in [0.1, 0.15) is 0 Å². The minimum absolute atomic E-state index is 0.0171. The molecule has 0 saturated heterocycles. The third-order valence-corrected chi connectivity index (χ3v) is 4.41. The van der Waals surface area contributed by atoms with Crippen LogP contribution in [0.25, 0.3) is 0 Å². The van der Waals surface area contributed by atoms with Gasteiger partial charge in [0.15, 0.2) is 11.5 Å². The van der Waals surface area contributed by atoms with Crippen molar-refractivity contribution in [3.05, 3.63) is 59.7 Å². The van der Waals surface area contributed by atoms with Gasteiger partial charge in [-0.2, -0.15) is 0 Å². The molecule has 2 aromatic rings. The number of hydrogen-bond donors (Lipinski definition) is 4. The van der Waals surface area contributed by atoms with Crippen molar-refractivity contribution in [2.45, 2.75) is 38.5 Å². The van der Waals surface area contributed by atoms with Crippen LogP contribution in [0.4, 0.5) is 0 Å². The number of unbranched alkanes of at least 4 members (excludes halogenated alkanes) is 1. The van der Waals surface area contributed by atoms with Gasteiger partial charge in [0.05, 0.1) is 0 Å². The van der Waals surface area contributed by atoms with E-state index in [1.807, 2.05) is 30.3 Å². The SMILES string of the molecule is O=C(CCCCC(=O)NCCc1ccc(O)c(O)c1)NCCc1ccccc1. The van der Waals surface area contributed by atoms with E-state index < -0.39 is 0 Å². The molecular formula is C22H28N2O4. The summed E-state index contributed by atoms with van der Waals surface area (Å²) in [5.74, 6) is -0.348. The second-order valence-electron chi connectivity index (χ2n) is 6.72. The van der Waals surface area contributed by atoms with Crippen LogP contribution in [0.5, 0.6) is 11.5 Å². The second-order valence-corrected chi connectivity index (χ2v) is 6.72. The van der Waals surface area contributed by atoms with Gasteiger partial charge in [-0.1, -0.05) is 36.4 Å². The van der Waals surface area contributed by atoms with E-state index >= 15 is 0 Å². The first-order valence-electron chi connectivity index (χ1n) is 9.63. The van der Waals surface area contributed by atoms with Crippen molar-refractivity contribution in [3.63, 3.8) is 0 Å². The van der Waals surface area contributed by atoms with E-state index in [0.29, 0.717) is 45.2 Å². The molecule has 4 N–H and O–H groups in total. The fraction of sp³-hybridized carbons (Fsp3) is 0.364. The highest BCUT2D eigenvalue weighted by Crippen LogP contribution is 2.24. The highest BCUT2D eigenvalue weighted by atomic mass is 16.3. The number of phenolic OH excluding ortho intramolecular Hbond substituents is 2. The first kappa shape index (κ1) is 21.3. The maximum absolute atomic E-state index is 11.8. The van der Waals surface area contributed by atoms with Crippen molar-refractivity contribution >= 4 is 11.8 Å². The fourth-order valence-corrected chi connectivity index (χ4v) is 2.81. The minimum atomic E-state index is -0.161. The van der Waals surface area contributed by atoms with E-state index in [0.717, 1.165) is 12.0 Å². The Hall–Kier alpha value is -3.02. The lowest BCUT2D eigenvalue weighted by molar-refractivity contribution is -0.123. The van der Waals surface area contributed by atoms with Crippen molar-refractivity contribution in [1.29, 1.82) is 0 Å². The molecule has 2 rings (SSSR count). The van der Waals surface area contributed by atoms with E-state index in [1.165, 1.54) is 17.7 Å². The number of carbonyl (C=O) groups excluding carboxylic acids is 2. The molecule has 2 amide bonds. The largest absolute Gasteiger partial charge is 0.504 e. The Balaban J connectivity index is 1.49. The average Bonchev–Trinajstić information content (AvgIpc) is 2.69. The van der Waals surface area contributed by atoms with Crippen LogP contribution in [-0.2, 0) is 22.4 Å². The summed E-state index contributed by atoms with van der Waals surface area (Å²) < 4.78 is 0. The Labute approximate surface area is 165 Å². The lowest BCUT2D eigenvalue weighted by Gasteiger charge is -2.07. The lowest BCUT2D eigenvalue weighted by Crippen LogP contribution is -2.26. The number of rotatable bonds is 11. The van der Waals surface area contributed by atoms with Gasteiger partial charge in [-0.25, -0.2) is 0 Å². The van der Waals surface area contributed by atoms with E-state index in [4.69, 9.17) is 0 Å². The summed E-state index contributed by atoms with van der Waals surface area (Å²) in [6, 6.07) is 14.6. The summed E-state index contributed by atoms with van der Waals surface area (Å²) in [5.41, 5.74) is 2.03. The van der Waals surface area contributed by atoms with Crippen LogP contribution >= 0.6 is 0 Å². The van der Waals surface area contributed by atoms with Gasteiger partial charge in [-0.05, 0) is 48.9 Å². The highest BCUT2D eigenvalue weighted by molar-refractivity contribution is 5.77. The monoisotopic (exact) mass is 384 g/mol. The van der Waals surface area contributed by atoms with Crippen molar-refractivity contribution in [1.82, 2.24) is 10.6 Å². The first-order chi connectivity index (χ1) is 13.5. The zero-order chi connectivity index (χ0) is 20.2. The zero-order valence-corrected chi connectivity index (χ0v) is 16.0. The smallest absolute Gasteiger partial charge is 0.220 e. The maximum Gasteiger partial charge on any atom is 0.220 e.